The molecule has 0 amide bonds. The van der Waals surface area contributed by atoms with E-state index < -0.39 is 50.8 Å². The summed E-state index contributed by atoms with van der Waals surface area (Å²) in [6.07, 6.45) is 25.5. The number of likely N-dealkylation sites (N-methyl/N-ethyl adjacent to an activating group) is 1. The van der Waals surface area contributed by atoms with Crippen molar-refractivity contribution in [2.45, 2.75) is 186 Å². The van der Waals surface area contributed by atoms with Crippen LogP contribution in [0.5, 0.6) is 0 Å². The molecular weight excluding hydrogens is 749 g/mol. The second-order valence-electron chi connectivity index (χ2n) is 17.0. The third-order valence-electron chi connectivity index (χ3n) is 10.5. The van der Waals surface area contributed by atoms with E-state index >= 15 is 0 Å². The second-order valence-corrected chi connectivity index (χ2v) is 18.4. The molecule has 0 bridgehead atoms. The van der Waals surface area contributed by atoms with Crippen LogP contribution in [0.25, 0.3) is 0 Å². The molecule has 1 unspecified atom stereocenters. The molecule has 57 heavy (non-hydrogen) atoms. The molecule has 0 aliphatic heterocycles. The number of nitrogens with zero attached hydrogens (tertiary/aromatic N) is 1. The van der Waals surface area contributed by atoms with Crippen molar-refractivity contribution in [3.8, 4) is 0 Å². The molecule has 0 radical (unpaired) electrons. The van der Waals surface area contributed by atoms with Gasteiger partial charge in [0.1, 0.15) is 19.8 Å². The summed E-state index contributed by atoms with van der Waals surface area (Å²) in [6, 6.07) is 0. The Hall–Kier alpha value is -1.63. The first-order valence-corrected chi connectivity index (χ1v) is 23.8. The molecule has 0 aromatic rings. The number of aliphatic hydroxyl groups excluding tert-OH is 3. The molecule has 0 saturated heterocycles. The third-order valence-corrected chi connectivity index (χ3v) is 11.5. The summed E-state index contributed by atoms with van der Waals surface area (Å²) in [4.78, 5) is 37.7. The van der Waals surface area contributed by atoms with Crippen LogP contribution in [0.2, 0.25) is 0 Å². The lowest BCUT2D eigenvalue weighted by molar-refractivity contribution is -0.870. The molecule has 1 saturated carbocycles. The van der Waals surface area contributed by atoms with E-state index in [-0.39, 0.29) is 37.9 Å². The quantitative estimate of drug-likeness (QED) is 0.0183. The molecule has 1 aliphatic rings. The summed E-state index contributed by atoms with van der Waals surface area (Å²) in [7, 11) is 1.03. The van der Waals surface area contributed by atoms with Gasteiger partial charge in [0, 0.05) is 25.2 Å². The summed E-state index contributed by atoms with van der Waals surface area (Å²) in [5, 5.41) is 31.4. The van der Waals surface area contributed by atoms with Crippen molar-refractivity contribution in [1.82, 2.24) is 0 Å². The van der Waals surface area contributed by atoms with Gasteiger partial charge < -0.3 is 43.2 Å². The second kappa shape index (κ2) is 32.2. The van der Waals surface area contributed by atoms with Crippen molar-refractivity contribution in [1.29, 1.82) is 0 Å². The topological polar surface area (TPSA) is 172 Å². The first kappa shape index (κ1) is 53.4. The summed E-state index contributed by atoms with van der Waals surface area (Å²) >= 11 is 0. The minimum atomic E-state index is -4.68. The van der Waals surface area contributed by atoms with E-state index in [9.17, 15) is 34.4 Å². The smallest absolute Gasteiger partial charge is 0.306 e. The number of hydrogen-bond donors (Lipinski definition) is 3. The molecule has 0 aromatic carbocycles. The van der Waals surface area contributed by atoms with E-state index in [4.69, 9.17) is 18.5 Å². The Bertz CT molecular complexity index is 1140. The number of phosphoric acid groups is 1. The number of carbonyl (C=O) groups is 2. The van der Waals surface area contributed by atoms with E-state index in [2.05, 4.69) is 26.0 Å². The number of quaternary nitrogens is 1. The molecule has 334 valence electrons. The number of allylic oxidation sites excluding steroid dienone is 2. The summed E-state index contributed by atoms with van der Waals surface area (Å²) < 4.78 is 33.9. The minimum Gasteiger partial charge on any atom is -0.756 e. The van der Waals surface area contributed by atoms with Crippen LogP contribution in [-0.4, -0.2) is 104 Å². The largest absolute Gasteiger partial charge is 0.756 e. The van der Waals surface area contributed by atoms with Gasteiger partial charge in [-0.2, -0.15) is 0 Å². The van der Waals surface area contributed by atoms with Crippen LogP contribution >= 0.6 is 7.82 Å². The molecule has 12 nitrogen and oxygen atoms in total. The monoisotopic (exact) mass is 832 g/mol. The number of carbonyl (C=O) groups excluding carboxylic acids is 2. The van der Waals surface area contributed by atoms with Crippen LogP contribution < -0.4 is 4.89 Å². The van der Waals surface area contributed by atoms with Crippen LogP contribution in [0.15, 0.2) is 24.3 Å². The summed E-state index contributed by atoms with van der Waals surface area (Å²) in [6.45, 7) is 3.85. The number of esters is 2. The fourth-order valence-electron chi connectivity index (χ4n) is 6.98. The van der Waals surface area contributed by atoms with Crippen LogP contribution in [-0.2, 0) is 32.7 Å². The Kier molecular flexibility index (Phi) is 30.1. The zero-order valence-electron chi connectivity index (χ0n) is 36.4. The molecule has 1 rings (SSSR count). The molecule has 1 aliphatic carbocycles. The van der Waals surface area contributed by atoms with Crippen molar-refractivity contribution in [3.63, 3.8) is 0 Å². The van der Waals surface area contributed by atoms with E-state index in [0.717, 1.165) is 83.5 Å². The molecular formula is C44H82NO11P. The lowest BCUT2D eigenvalue weighted by Crippen LogP contribution is -2.37. The van der Waals surface area contributed by atoms with Gasteiger partial charge in [-0.05, 0) is 57.3 Å². The maximum Gasteiger partial charge on any atom is 0.306 e. The fourth-order valence-corrected chi connectivity index (χ4v) is 7.71. The third kappa shape index (κ3) is 29.3. The molecule has 1 fully saturated rings. The zero-order chi connectivity index (χ0) is 42.4. The average Bonchev–Trinajstić information content (AvgIpc) is 3.41. The first-order valence-electron chi connectivity index (χ1n) is 22.3. The normalized spacial score (nSPS) is 20.9. The van der Waals surface area contributed by atoms with Gasteiger partial charge in [0.25, 0.3) is 7.82 Å². The fraction of sp³-hybridized carbons (Fsp3) is 0.864. The van der Waals surface area contributed by atoms with Crippen molar-refractivity contribution in [3.05, 3.63) is 24.3 Å². The SMILES string of the molecule is CCCCCC/C=C\CCCCCCCC(=O)OC[C@H](COP(=O)([O-])OCC[N+](C)(C)C)OC(=O)CCCCCC[C@@H]1[C@@H](/C=C/[C@@H](O)CCCCC)[C@H](O)C[C@@H]1O. The van der Waals surface area contributed by atoms with E-state index in [1.807, 2.05) is 27.2 Å². The van der Waals surface area contributed by atoms with Gasteiger partial charge in [0.15, 0.2) is 6.10 Å². The lowest BCUT2D eigenvalue weighted by Gasteiger charge is -2.28. The zero-order valence-corrected chi connectivity index (χ0v) is 37.3. The van der Waals surface area contributed by atoms with E-state index in [1.54, 1.807) is 6.08 Å². The van der Waals surface area contributed by atoms with Crippen molar-refractivity contribution in [2.75, 3.05) is 47.5 Å². The minimum absolute atomic E-state index is 0.0700. The Morgan fingerprint density at radius 3 is 2.00 bits per heavy atom. The Labute approximate surface area is 346 Å². The van der Waals surface area contributed by atoms with Crippen LogP contribution in [0.4, 0.5) is 0 Å². The van der Waals surface area contributed by atoms with Crippen molar-refractivity contribution < 1.29 is 57.4 Å². The van der Waals surface area contributed by atoms with Crippen LogP contribution in [0.1, 0.15) is 162 Å². The van der Waals surface area contributed by atoms with Gasteiger partial charge in [-0.25, -0.2) is 0 Å². The van der Waals surface area contributed by atoms with E-state index in [0.29, 0.717) is 36.7 Å². The maximum absolute atomic E-state index is 12.8. The predicted octanol–water partition coefficient (Wildman–Crippen LogP) is 8.10. The number of rotatable bonds is 36. The Morgan fingerprint density at radius 1 is 0.772 bits per heavy atom. The van der Waals surface area contributed by atoms with Gasteiger partial charge in [0.2, 0.25) is 0 Å². The van der Waals surface area contributed by atoms with Gasteiger partial charge in [-0.15, -0.1) is 0 Å². The van der Waals surface area contributed by atoms with Gasteiger partial charge in [-0.1, -0.05) is 115 Å². The molecule has 3 N–H and O–H groups in total. The maximum atomic E-state index is 12.8. The highest BCUT2D eigenvalue weighted by Gasteiger charge is 2.39. The van der Waals surface area contributed by atoms with Gasteiger partial charge in [0.05, 0.1) is 46.1 Å². The number of hydrogen-bond acceptors (Lipinski definition) is 11. The number of unbranched alkanes of at least 4 members (excludes halogenated alkanes) is 14. The molecule has 0 heterocycles. The highest BCUT2D eigenvalue weighted by atomic mass is 31.2. The van der Waals surface area contributed by atoms with Crippen LogP contribution in [0, 0.1) is 11.8 Å². The Balaban J connectivity index is 2.49. The highest BCUT2D eigenvalue weighted by molar-refractivity contribution is 7.45. The van der Waals surface area contributed by atoms with Gasteiger partial charge >= 0.3 is 11.9 Å². The molecule has 0 aromatic heterocycles. The molecule has 13 heteroatoms. The van der Waals surface area contributed by atoms with Crippen molar-refractivity contribution in [2.24, 2.45) is 11.8 Å². The van der Waals surface area contributed by atoms with Crippen molar-refractivity contribution >= 4 is 19.8 Å². The summed E-state index contributed by atoms with van der Waals surface area (Å²) in [5.41, 5.74) is 0. The summed E-state index contributed by atoms with van der Waals surface area (Å²) in [5.74, 6) is -1.28. The Morgan fingerprint density at radius 2 is 1.35 bits per heavy atom. The number of aliphatic hydroxyl groups is 3. The highest BCUT2D eigenvalue weighted by Crippen LogP contribution is 2.39. The average molecular weight is 832 g/mol. The molecule has 0 spiro atoms. The van der Waals surface area contributed by atoms with Crippen LogP contribution in [0.3, 0.4) is 0 Å². The van der Waals surface area contributed by atoms with E-state index in [1.165, 1.54) is 25.7 Å². The standard InChI is InChI=1S/C44H82NO11P/c1-6-8-10-11-12-13-14-15-16-17-18-19-24-28-43(49)53-35-38(36-55-57(51,52)54-33-32-45(3,4)5)56-44(50)29-25-21-20-23-27-39-40(42(48)34-41(39)47)31-30-37(46)26-22-9-7-2/h13-14,30-31,37-42,46-48H,6-12,15-29,32-36H2,1-5H3/b14-13-,31-30+/t37-,38+,39+,40+,41-,42+/m0/s1. The van der Waals surface area contributed by atoms with Gasteiger partial charge in [-0.3, -0.25) is 14.2 Å². The number of phosphoric ester groups is 1. The predicted molar refractivity (Wildman–Crippen MR) is 224 cm³/mol. The molecule has 7 atom stereocenters. The number of ether oxygens (including phenoxy) is 2. The first-order chi connectivity index (χ1) is 27.2. The lowest BCUT2D eigenvalue weighted by atomic mass is 9.88.